The molecule has 5 N–H and O–H groups in total. The van der Waals surface area contributed by atoms with Crippen molar-refractivity contribution in [2.45, 2.75) is 99.8 Å². The molecule has 63 heavy (non-hydrogen) atoms. The molecule has 2 aliphatic carbocycles. The highest BCUT2D eigenvalue weighted by Crippen LogP contribution is 2.43. The second-order valence-corrected chi connectivity index (χ2v) is 18.3. The lowest BCUT2D eigenvalue weighted by atomic mass is 9.94. The molecule has 0 heterocycles. The molecule has 7 aromatic carbocycles. The Labute approximate surface area is 388 Å². The van der Waals surface area contributed by atoms with Crippen LogP contribution >= 0.6 is 34.8 Å². The van der Waals surface area contributed by atoms with Gasteiger partial charge in [0.2, 0.25) is 0 Å². The van der Waals surface area contributed by atoms with Crippen LogP contribution in [-0.4, -0.2) is 25.5 Å². The highest BCUT2D eigenvalue weighted by Gasteiger charge is 2.21. The van der Waals surface area contributed by atoms with Gasteiger partial charge in [0.1, 0.15) is 28.7 Å². The van der Waals surface area contributed by atoms with Gasteiger partial charge >= 0.3 is 0 Å². The fraction of sp³-hybridized carbons (Fsp3) is 0.273. The Morgan fingerprint density at radius 3 is 1.62 bits per heavy atom. The lowest BCUT2D eigenvalue weighted by Gasteiger charge is -2.15. The molecule has 0 aromatic heterocycles. The van der Waals surface area contributed by atoms with Gasteiger partial charge in [0.25, 0.3) is 0 Å². The number of phenolic OH excluding ortho intramolecular Hbond substituents is 5. The number of fused-ring (bicyclic) bond motifs is 5. The van der Waals surface area contributed by atoms with Gasteiger partial charge in [-0.1, -0.05) is 123 Å². The van der Waals surface area contributed by atoms with Crippen LogP contribution in [0.1, 0.15) is 107 Å². The normalized spacial score (nSPS) is 11.8. The van der Waals surface area contributed by atoms with E-state index >= 15 is 0 Å². The second kappa shape index (κ2) is 21.4. The summed E-state index contributed by atoms with van der Waals surface area (Å²) in [5, 5.41) is 52.0. The van der Waals surface area contributed by atoms with Crippen molar-refractivity contribution in [2.24, 2.45) is 0 Å². The van der Waals surface area contributed by atoms with E-state index in [0.29, 0.717) is 39.1 Å². The van der Waals surface area contributed by atoms with Crippen molar-refractivity contribution in [1.29, 1.82) is 0 Å². The highest BCUT2D eigenvalue weighted by molar-refractivity contribution is 6.36. The minimum atomic E-state index is 0.277. The summed E-state index contributed by atoms with van der Waals surface area (Å²) in [5.41, 5.74) is 14.2. The molecule has 0 amide bonds. The standard InChI is InChI=1S/C14H12O.C12H17ClO.C11H9ClO.C10H12O.C8H9ClO/c1-9-6-11-8-10-4-2-3-5-12(10)14(11)13(15)7-9;1-7(2)10-5-9(13)6-11(8(3)4)12(10)14;1-7-6-10(13)8-4-2-3-5-9(8)11(7)12;1-7-5-8-3-2-4-9(8)10(11)6-7;1-5-3-7(10)4-6(2)8(5)9/h2-7,15H,8H2,1H3;5-8,14H,1-4H3;2-6,13H,1H3;5-6,11H,2-4H2,1H3;3-4,10H,1-2H3. The van der Waals surface area contributed by atoms with Gasteiger partial charge in [0.05, 0.1) is 5.02 Å². The van der Waals surface area contributed by atoms with Crippen LogP contribution < -0.4 is 0 Å². The second-order valence-electron chi connectivity index (χ2n) is 17.1. The van der Waals surface area contributed by atoms with E-state index in [-0.39, 0.29) is 11.5 Å². The molecule has 2 aliphatic rings. The molecule has 0 radical (unpaired) electrons. The molecule has 0 atom stereocenters. The van der Waals surface area contributed by atoms with E-state index in [1.165, 1.54) is 39.8 Å². The van der Waals surface area contributed by atoms with E-state index in [2.05, 4.69) is 58.0 Å². The van der Waals surface area contributed by atoms with Gasteiger partial charge in [-0.2, -0.15) is 0 Å². The van der Waals surface area contributed by atoms with Crippen molar-refractivity contribution in [1.82, 2.24) is 0 Å². The minimum Gasteiger partial charge on any atom is -0.508 e. The Morgan fingerprint density at radius 1 is 0.492 bits per heavy atom. The van der Waals surface area contributed by atoms with Crippen LogP contribution in [0.25, 0.3) is 21.9 Å². The Kier molecular flexibility index (Phi) is 16.5. The van der Waals surface area contributed by atoms with E-state index < -0.39 is 0 Å². The molecule has 0 bridgehead atoms. The van der Waals surface area contributed by atoms with E-state index in [4.69, 9.17) is 39.9 Å². The average Bonchev–Trinajstić information content (AvgIpc) is 3.86. The molecule has 0 spiro atoms. The predicted molar refractivity (Wildman–Crippen MR) is 265 cm³/mol. The number of aromatic hydroxyl groups is 5. The van der Waals surface area contributed by atoms with Crippen molar-refractivity contribution in [3.8, 4) is 39.9 Å². The average molecular weight is 906 g/mol. The summed E-state index contributed by atoms with van der Waals surface area (Å²) in [5.74, 6) is 2.47. The highest BCUT2D eigenvalue weighted by atomic mass is 35.5. The van der Waals surface area contributed by atoms with Crippen LogP contribution in [0.15, 0.2) is 103 Å². The number of hydrogen-bond donors (Lipinski definition) is 5. The Hall–Kier alpha value is -5.33. The fourth-order valence-electron chi connectivity index (χ4n) is 8.15. The van der Waals surface area contributed by atoms with Crippen LogP contribution in [0, 0.1) is 34.6 Å². The van der Waals surface area contributed by atoms with Gasteiger partial charge in [-0.05, 0) is 181 Å². The maximum atomic E-state index is 10.00. The molecule has 9 rings (SSSR count). The van der Waals surface area contributed by atoms with E-state index in [9.17, 15) is 20.4 Å². The van der Waals surface area contributed by atoms with Crippen molar-refractivity contribution < 1.29 is 25.5 Å². The van der Waals surface area contributed by atoms with Crippen LogP contribution in [0.5, 0.6) is 28.7 Å². The summed E-state index contributed by atoms with van der Waals surface area (Å²) in [6, 6.07) is 32.5. The van der Waals surface area contributed by atoms with Crippen LogP contribution in [0.3, 0.4) is 0 Å². The number of phenols is 5. The Morgan fingerprint density at radius 2 is 1.02 bits per heavy atom. The van der Waals surface area contributed by atoms with Crippen LogP contribution in [-0.2, 0) is 19.3 Å². The van der Waals surface area contributed by atoms with Crippen molar-refractivity contribution in [3.63, 3.8) is 0 Å². The first kappa shape index (κ1) is 48.7. The Bertz CT molecular complexity index is 2680. The van der Waals surface area contributed by atoms with Crippen LogP contribution in [0.2, 0.25) is 15.1 Å². The smallest absolute Gasteiger partial charge is 0.123 e. The van der Waals surface area contributed by atoms with E-state index in [1.54, 1.807) is 18.2 Å². The number of hydrogen-bond acceptors (Lipinski definition) is 5. The van der Waals surface area contributed by atoms with E-state index in [0.717, 1.165) is 74.0 Å². The summed E-state index contributed by atoms with van der Waals surface area (Å²) >= 11 is 17.9. The molecular formula is C55H59Cl3O5. The molecule has 0 fully saturated rings. The summed E-state index contributed by atoms with van der Waals surface area (Å²) in [7, 11) is 0. The maximum absolute atomic E-state index is 10.00. The zero-order valence-electron chi connectivity index (χ0n) is 37.7. The molecule has 5 nitrogen and oxygen atoms in total. The largest absolute Gasteiger partial charge is 0.508 e. The third-order valence-corrected chi connectivity index (χ3v) is 12.6. The summed E-state index contributed by atoms with van der Waals surface area (Å²) in [4.78, 5) is 0. The quantitative estimate of drug-likeness (QED) is 0.119. The van der Waals surface area contributed by atoms with Gasteiger partial charge in [-0.25, -0.2) is 0 Å². The third kappa shape index (κ3) is 12.0. The van der Waals surface area contributed by atoms with Gasteiger partial charge < -0.3 is 25.5 Å². The molecule has 0 saturated carbocycles. The zero-order valence-corrected chi connectivity index (χ0v) is 39.9. The first-order valence-electron chi connectivity index (χ1n) is 21.3. The molecular weight excluding hydrogens is 847 g/mol. The fourth-order valence-corrected chi connectivity index (χ4v) is 8.72. The molecule has 0 aliphatic heterocycles. The van der Waals surface area contributed by atoms with Crippen LogP contribution in [0.4, 0.5) is 0 Å². The zero-order chi connectivity index (χ0) is 46.3. The molecule has 7 aromatic rings. The lowest BCUT2D eigenvalue weighted by Crippen LogP contribution is -1.95. The summed E-state index contributed by atoms with van der Waals surface area (Å²) < 4.78 is 0. The predicted octanol–water partition coefficient (Wildman–Crippen LogP) is 15.9. The minimum absolute atomic E-state index is 0.277. The molecule has 330 valence electrons. The number of halogens is 3. The van der Waals surface area contributed by atoms with Gasteiger partial charge in [0.15, 0.2) is 0 Å². The van der Waals surface area contributed by atoms with Crippen molar-refractivity contribution >= 4 is 45.6 Å². The van der Waals surface area contributed by atoms with Gasteiger partial charge in [-0.3, -0.25) is 0 Å². The third-order valence-electron chi connectivity index (χ3n) is 11.3. The number of benzene rings is 7. The van der Waals surface area contributed by atoms with Crippen molar-refractivity contribution in [3.05, 3.63) is 179 Å². The molecule has 8 heteroatoms. The van der Waals surface area contributed by atoms with Gasteiger partial charge in [0, 0.05) is 26.4 Å². The van der Waals surface area contributed by atoms with E-state index in [1.807, 2.05) is 89.2 Å². The maximum Gasteiger partial charge on any atom is 0.123 e. The SMILES string of the molecule is CC(C)c1cc(Cl)cc(C(C)C)c1O.Cc1cc(O)c2c(c1)CCC2.Cc1cc(O)c2c(c1)Cc1ccccc1-2.Cc1cc(O)c2ccccc2c1Cl.Cc1cc(O)cc(C)c1Cl. The number of aryl methyl sites for hydroxylation is 6. The van der Waals surface area contributed by atoms with Gasteiger partial charge in [-0.15, -0.1) is 0 Å². The Balaban J connectivity index is 0.000000150. The monoisotopic (exact) mass is 904 g/mol. The first-order chi connectivity index (χ1) is 29.8. The summed E-state index contributed by atoms with van der Waals surface area (Å²) in [6.45, 7) is 17.9. The lowest BCUT2D eigenvalue weighted by molar-refractivity contribution is 0.454. The molecule has 0 saturated heterocycles. The first-order valence-corrected chi connectivity index (χ1v) is 22.5. The topological polar surface area (TPSA) is 101 Å². The van der Waals surface area contributed by atoms with Crippen molar-refractivity contribution in [2.75, 3.05) is 0 Å². The number of rotatable bonds is 2. The molecule has 0 unspecified atom stereocenters. The summed E-state index contributed by atoms with van der Waals surface area (Å²) in [6.07, 6.45) is 4.35.